The van der Waals surface area contributed by atoms with E-state index in [1.54, 1.807) is 101 Å². The van der Waals surface area contributed by atoms with Crippen molar-refractivity contribution < 1.29 is 53.8 Å². The third kappa shape index (κ3) is 18.1. The first-order valence-corrected chi connectivity index (χ1v) is 45.2. The summed E-state index contributed by atoms with van der Waals surface area (Å²) < 4.78 is 112. The standard InChI is InChI=1S/3C27H35N7O4S/c3*1-26(2)15-19-5-4-12-32-18-20(16-28-32)39(36,37)31-25(35)21-6-7-22(29-24(21)33(26)17-19)34-13-8-23(30-34)38-14-11-27(3)9-10-27/h3*6-8,13,16,18-19H,4-5,9-12,14-15,17H2,1-3H3,(H,31,35). The number of amides is 3. The molecular formula is C81H105N21O12S3. The molecule has 3 unspecified atom stereocenters. The Hall–Kier alpha value is -10.2. The molecule has 33 nitrogen and oxygen atoms in total. The van der Waals surface area contributed by atoms with Gasteiger partial charge in [-0.25, -0.2) is 68.4 Å². The fraction of sp³-hybridized carbons (Fsp3) is 0.556. The number of fused-ring (bicyclic) bond motifs is 18. The zero-order valence-corrected chi connectivity index (χ0v) is 70.3. The Morgan fingerprint density at radius 1 is 0.393 bits per heavy atom. The predicted molar refractivity (Wildman–Crippen MR) is 433 cm³/mol. The molecule has 9 aliphatic rings. The van der Waals surface area contributed by atoms with Crippen LogP contribution >= 0.6 is 0 Å². The number of sulfonamides is 3. The number of anilines is 3. The first kappa shape index (κ1) is 80.6. The van der Waals surface area contributed by atoms with Crippen LogP contribution in [0.25, 0.3) is 17.5 Å². The van der Waals surface area contributed by atoms with Gasteiger partial charge in [-0.2, -0.15) is 15.3 Å². The summed E-state index contributed by atoms with van der Waals surface area (Å²) in [6, 6.07) is 15.3. The highest BCUT2D eigenvalue weighted by atomic mass is 32.2. The maximum Gasteiger partial charge on any atom is 0.268 e. The summed E-state index contributed by atoms with van der Waals surface area (Å²) in [5.74, 6) is 3.48. The number of nitrogens with zero attached hydrogens (tertiary/aromatic N) is 18. The van der Waals surface area contributed by atoms with Crippen molar-refractivity contribution in [1.82, 2.24) is 87.8 Å². The zero-order chi connectivity index (χ0) is 82.2. The summed E-state index contributed by atoms with van der Waals surface area (Å²) in [7, 11) is -12.3. The highest BCUT2D eigenvalue weighted by Gasteiger charge is 2.46. The van der Waals surface area contributed by atoms with Crippen molar-refractivity contribution in [2.24, 2.45) is 34.0 Å². The van der Waals surface area contributed by atoms with Crippen LogP contribution in [0.4, 0.5) is 17.5 Å². The molecule has 3 amide bonds. The van der Waals surface area contributed by atoms with Crippen LogP contribution in [-0.4, -0.2) is 173 Å². The van der Waals surface area contributed by atoms with Crippen LogP contribution in [0.1, 0.15) is 209 Å². The Kier molecular flexibility index (Phi) is 21.3. The van der Waals surface area contributed by atoms with Crippen LogP contribution in [0.2, 0.25) is 0 Å². The highest BCUT2D eigenvalue weighted by Crippen LogP contribution is 2.50. The van der Waals surface area contributed by atoms with Crippen molar-refractivity contribution in [2.45, 2.75) is 229 Å². The topological polar surface area (TPSA) is 373 Å². The molecule has 18 rings (SSSR count). The molecule has 624 valence electrons. The van der Waals surface area contributed by atoms with Crippen molar-refractivity contribution >= 4 is 65.2 Å². The van der Waals surface area contributed by atoms with Crippen LogP contribution in [0.3, 0.4) is 0 Å². The lowest BCUT2D eigenvalue weighted by Crippen LogP contribution is -2.41. The van der Waals surface area contributed by atoms with Crippen LogP contribution in [0.15, 0.2) is 125 Å². The molecule has 3 aliphatic carbocycles. The van der Waals surface area contributed by atoms with E-state index in [4.69, 9.17) is 29.2 Å². The first-order valence-electron chi connectivity index (χ1n) is 40.8. The average molecular weight is 1660 g/mol. The van der Waals surface area contributed by atoms with Crippen molar-refractivity contribution in [3.05, 3.63) is 127 Å². The molecule has 6 fully saturated rings. The lowest BCUT2D eigenvalue weighted by Gasteiger charge is -2.34. The molecule has 12 bridgehead atoms. The predicted octanol–water partition coefficient (Wildman–Crippen LogP) is 10.7. The molecule has 0 aromatic carbocycles. The van der Waals surface area contributed by atoms with E-state index in [1.165, 1.54) is 75.7 Å². The second-order valence-corrected chi connectivity index (χ2v) is 41.2. The van der Waals surface area contributed by atoms with Crippen LogP contribution in [0.5, 0.6) is 17.6 Å². The third-order valence-corrected chi connectivity index (χ3v) is 28.8. The Balaban J connectivity index is 0.000000131. The molecule has 3 N–H and O–H groups in total. The molecule has 3 saturated carbocycles. The lowest BCUT2D eigenvalue weighted by atomic mass is 9.93. The normalized spacial score (nSPS) is 23.0. The van der Waals surface area contributed by atoms with E-state index in [9.17, 15) is 39.6 Å². The molecule has 9 aromatic heterocycles. The summed E-state index contributed by atoms with van der Waals surface area (Å²) in [4.78, 5) is 61.2. The number of pyridine rings is 3. The smallest absolute Gasteiger partial charge is 0.268 e. The quantitative estimate of drug-likeness (QED) is 0.0858. The molecule has 36 heteroatoms. The number of aryl methyl sites for hydroxylation is 3. The largest absolute Gasteiger partial charge is 0.477 e. The minimum absolute atomic E-state index is 0.0394. The van der Waals surface area contributed by atoms with Gasteiger partial charge in [-0.1, -0.05) is 20.8 Å². The molecular weight excluding hydrogens is 1560 g/mol. The van der Waals surface area contributed by atoms with Crippen molar-refractivity contribution in [3.8, 4) is 35.1 Å². The summed E-state index contributed by atoms with van der Waals surface area (Å²) >= 11 is 0. The number of nitrogens with one attached hydrogen (secondary N) is 3. The zero-order valence-electron chi connectivity index (χ0n) is 67.9. The van der Waals surface area contributed by atoms with Crippen LogP contribution < -0.4 is 43.1 Å². The minimum atomic E-state index is -4.10. The molecule has 9 aromatic rings. The van der Waals surface area contributed by atoms with E-state index in [0.717, 1.165) is 77.0 Å². The molecule has 15 heterocycles. The minimum Gasteiger partial charge on any atom is -0.477 e. The van der Waals surface area contributed by atoms with Gasteiger partial charge in [-0.3, -0.25) is 28.4 Å². The van der Waals surface area contributed by atoms with Gasteiger partial charge >= 0.3 is 0 Å². The summed E-state index contributed by atoms with van der Waals surface area (Å²) in [6.45, 7) is 25.5. The van der Waals surface area contributed by atoms with Gasteiger partial charge < -0.3 is 28.9 Å². The van der Waals surface area contributed by atoms with E-state index < -0.39 is 47.8 Å². The summed E-state index contributed by atoms with van der Waals surface area (Å²) in [5, 5.41) is 26.2. The fourth-order valence-corrected chi connectivity index (χ4v) is 19.7. The SMILES string of the molecule is CC1(CCOc2ccn(-c3ccc4c(n3)N3CC(CCCn5cc(cn5)S(=O)(=O)NC4=O)CC3(C)C)n2)CC1.CC1(CCOc2ccn(-c3ccc4c(n3)N3CC(CCCn5cc(cn5)S(=O)(=O)NC4=O)CC3(C)C)n2)CC1.CC1(CCOc2ccn(-c3ccc4c(n3)N3CC(CCCn5cc(cn5)S(=O)(=O)NC4=O)CC3(C)C)n2)CC1. The van der Waals surface area contributed by atoms with E-state index >= 15 is 0 Å². The molecule has 3 saturated heterocycles. The Labute approximate surface area is 682 Å². The van der Waals surface area contributed by atoms with Gasteiger partial charge in [0.05, 0.1) is 55.1 Å². The lowest BCUT2D eigenvalue weighted by molar-refractivity contribution is 0.0972. The van der Waals surface area contributed by atoms with Gasteiger partial charge in [0, 0.05) is 111 Å². The van der Waals surface area contributed by atoms with Gasteiger partial charge in [-0.15, -0.1) is 15.3 Å². The van der Waals surface area contributed by atoms with E-state index in [2.05, 4.69) is 122 Å². The maximum atomic E-state index is 13.4. The number of aromatic nitrogens is 15. The number of hydrogen-bond donors (Lipinski definition) is 3. The Morgan fingerprint density at radius 3 is 0.932 bits per heavy atom. The van der Waals surface area contributed by atoms with Gasteiger partial charge in [0.1, 0.15) is 32.1 Å². The fourth-order valence-electron chi connectivity index (χ4n) is 17.0. The van der Waals surface area contributed by atoms with Crippen LogP contribution in [0, 0.1) is 34.0 Å². The van der Waals surface area contributed by atoms with Crippen LogP contribution in [-0.2, 0) is 49.7 Å². The van der Waals surface area contributed by atoms with Crippen molar-refractivity contribution in [1.29, 1.82) is 0 Å². The van der Waals surface area contributed by atoms with E-state index in [0.29, 0.717) is 146 Å². The Morgan fingerprint density at radius 2 is 0.667 bits per heavy atom. The van der Waals surface area contributed by atoms with Gasteiger partial charge in [0.15, 0.2) is 17.5 Å². The highest BCUT2D eigenvalue weighted by molar-refractivity contribution is 7.90. The van der Waals surface area contributed by atoms with Gasteiger partial charge in [0.2, 0.25) is 17.6 Å². The Bertz CT molecular complexity index is 5050. The summed E-state index contributed by atoms with van der Waals surface area (Å²) in [5.41, 5.74) is 0.970. The monoisotopic (exact) mass is 1660 g/mol. The number of carbonyl (C=O) groups excluding carboxylic acids is 3. The summed E-state index contributed by atoms with van der Waals surface area (Å²) in [6.07, 6.45) is 32.4. The van der Waals surface area contributed by atoms with E-state index in [-0.39, 0.29) is 48.0 Å². The van der Waals surface area contributed by atoms with E-state index in [1.807, 2.05) is 0 Å². The molecule has 117 heavy (non-hydrogen) atoms. The molecule has 0 radical (unpaired) electrons. The molecule has 3 atom stereocenters. The number of carbonyl (C=O) groups is 3. The second kappa shape index (κ2) is 30.9. The number of hydrogen-bond acceptors (Lipinski definition) is 24. The maximum absolute atomic E-state index is 13.4. The molecule has 0 spiro atoms. The van der Waals surface area contributed by atoms with Gasteiger partial charge in [0.25, 0.3) is 47.8 Å². The van der Waals surface area contributed by atoms with Crippen molar-refractivity contribution in [2.75, 3.05) is 54.2 Å². The number of ether oxygens (including phenoxy) is 3. The number of rotatable bonds is 15. The van der Waals surface area contributed by atoms with Gasteiger partial charge in [-0.05, 0) is 228 Å². The third-order valence-electron chi connectivity index (χ3n) is 25.0. The van der Waals surface area contributed by atoms with Crippen molar-refractivity contribution in [3.63, 3.8) is 0 Å². The first-order chi connectivity index (χ1) is 55.5. The molecule has 6 aliphatic heterocycles. The average Bonchev–Trinajstić information content (AvgIpc) is 1.65. The second-order valence-electron chi connectivity index (χ2n) is 36.2.